The van der Waals surface area contributed by atoms with Crippen molar-refractivity contribution in [1.82, 2.24) is 4.57 Å². The molecule has 0 atom stereocenters. The molecule has 0 aromatic carbocycles. The van der Waals surface area contributed by atoms with Gasteiger partial charge < -0.3 is 10.3 Å². The molecule has 78 valence electrons. The molecule has 5 nitrogen and oxygen atoms in total. The highest BCUT2D eigenvalue weighted by Crippen LogP contribution is 2.18. The lowest BCUT2D eigenvalue weighted by atomic mass is 10.4. The molecule has 2 N–H and O–H groups in total. The Bertz CT molecular complexity index is 463. The van der Waals surface area contributed by atoms with Gasteiger partial charge in [0.05, 0.1) is 0 Å². The molecular formula is C7H9ClN2O3S. The fourth-order valence-corrected chi connectivity index (χ4v) is 1.84. The Morgan fingerprint density at radius 2 is 2.21 bits per heavy atom. The Balaban J connectivity index is 3.34. The van der Waals surface area contributed by atoms with Crippen LogP contribution in [0.3, 0.4) is 0 Å². The van der Waals surface area contributed by atoms with E-state index in [1.807, 2.05) is 0 Å². The summed E-state index contributed by atoms with van der Waals surface area (Å²) < 4.78 is 23.3. The van der Waals surface area contributed by atoms with Crippen LogP contribution in [0.5, 0.6) is 0 Å². The third-order valence-corrected chi connectivity index (χ3v) is 3.07. The van der Waals surface area contributed by atoms with E-state index >= 15 is 0 Å². The largest absolute Gasteiger partial charge is 0.364 e. The van der Waals surface area contributed by atoms with Crippen LogP contribution in [0.25, 0.3) is 0 Å². The monoisotopic (exact) mass is 236 g/mol. The van der Waals surface area contributed by atoms with Gasteiger partial charge in [0.25, 0.3) is 15.0 Å². The van der Waals surface area contributed by atoms with Gasteiger partial charge in [-0.15, -0.1) is 0 Å². The molecule has 14 heavy (non-hydrogen) atoms. The molecule has 0 radical (unpaired) electrons. The molecular weight excluding hydrogens is 228 g/mol. The lowest BCUT2D eigenvalue weighted by Crippen LogP contribution is -2.15. The average molecular weight is 237 g/mol. The maximum Gasteiger partial charge on any atom is 0.265 e. The van der Waals surface area contributed by atoms with Crippen molar-refractivity contribution in [3.05, 3.63) is 18.0 Å². The minimum atomic E-state index is -3.80. The smallest absolute Gasteiger partial charge is 0.265 e. The van der Waals surface area contributed by atoms with Gasteiger partial charge >= 0.3 is 0 Å². The molecule has 7 heteroatoms. The molecule has 0 saturated carbocycles. The number of hydrogen-bond donors (Lipinski definition) is 1. The standard InChI is InChI=1S/C7H9ClN2O3S/c1-2-10-4-5(14(8,12)13)3-6(10)7(9)11/h3-4H,2H2,1H3,(H2,9,11). The minimum absolute atomic E-state index is 0.116. The molecule has 1 heterocycles. The summed E-state index contributed by atoms with van der Waals surface area (Å²) in [6.07, 6.45) is 1.28. The van der Waals surface area contributed by atoms with Crippen LogP contribution >= 0.6 is 10.7 Å². The summed E-state index contributed by atoms with van der Waals surface area (Å²) in [5.41, 5.74) is 5.18. The first-order valence-corrected chi connectivity index (χ1v) is 6.12. The van der Waals surface area contributed by atoms with Crippen molar-refractivity contribution in [3.63, 3.8) is 0 Å². The van der Waals surface area contributed by atoms with E-state index in [-0.39, 0.29) is 10.6 Å². The molecule has 1 aromatic rings. The van der Waals surface area contributed by atoms with E-state index in [0.717, 1.165) is 6.07 Å². The fourth-order valence-electron chi connectivity index (χ4n) is 1.09. The van der Waals surface area contributed by atoms with Gasteiger partial charge in [0, 0.05) is 23.4 Å². The number of aryl methyl sites for hydroxylation is 1. The molecule has 1 amide bonds. The predicted molar refractivity (Wildman–Crippen MR) is 51.7 cm³/mol. The molecule has 0 aliphatic carbocycles. The van der Waals surface area contributed by atoms with Crippen LogP contribution in [0.2, 0.25) is 0 Å². The molecule has 1 rings (SSSR count). The van der Waals surface area contributed by atoms with Gasteiger partial charge in [-0.2, -0.15) is 0 Å². The van der Waals surface area contributed by atoms with Crippen LogP contribution in [0.4, 0.5) is 0 Å². The second kappa shape index (κ2) is 3.62. The Hall–Kier alpha value is -1.01. The Kier molecular flexibility index (Phi) is 2.86. The van der Waals surface area contributed by atoms with E-state index in [1.165, 1.54) is 10.8 Å². The third-order valence-electron chi connectivity index (χ3n) is 1.75. The zero-order chi connectivity index (χ0) is 10.9. The zero-order valence-corrected chi connectivity index (χ0v) is 8.97. The molecule has 1 aromatic heterocycles. The predicted octanol–water partition coefficient (Wildman–Crippen LogP) is 0.534. The van der Waals surface area contributed by atoms with E-state index in [4.69, 9.17) is 16.4 Å². The average Bonchev–Trinajstić information content (AvgIpc) is 2.45. The summed E-state index contributed by atoms with van der Waals surface area (Å²) in [6.45, 7) is 2.21. The summed E-state index contributed by atoms with van der Waals surface area (Å²) in [6, 6.07) is 1.16. The van der Waals surface area contributed by atoms with Gasteiger partial charge in [0.1, 0.15) is 10.6 Å². The topological polar surface area (TPSA) is 82.2 Å². The van der Waals surface area contributed by atoms with Crippen molar-refractivity contribution >= 4 is 25.6 Å². The first kappa shape index (κ1) is 11.1. The van der Waals surface area contributed by atoms with Crippen molar-refractivity contribution in [3.8, 4) is 0 Å². The fraction of sp³-hybridized carbons (Fsp3) is 0.286. The number of primary amides is 1. The van der Waals surface area contributed by atoms with E-state index in [0.29, 0.717) is 6.54 Å². The number of amides is 1. The minimum Gasteiger partial charge on any atom is -0.364 e. The lowest BCUT2D eigenvalue weighted by Gasteiger charge is -1.99. The molecule has 0 unspecified atom stereocenters. The number of aromatic nitrogens is 1. The number of nitrogens with two attached hydrogens (primary N) is 1. The number of nitrogens with zero attached hydrogens (tertiary/aromatic N) is 1. The van der Waals surface area contributed by atoms with Gasteiger partial charge in [-0.25, -0.2) is 8.42 Å². The van der Waals surface area contributed by atoms with Gasteiger partial charge in [0.15, 0.2) is 0 Å². The van der Waals surface area contributed by atoms with Crippen LogP contribution < -0.4 is 5.73 Å². The maximum absolute atomic E-state index is 10.9. The highest BCUT2D eigenvalue weighted by Gasteiger charge is 2.17. The Labute approximate surface area is 85.9 Å². The molecule has 0 saturated heterocycles. The number of rotatable bonds is 3. The number of carbonyl (C=O) groups is 1. The summed E-state index contributed by atoms with van der Waals surface area (Å²) in [4.78, 5) is 10.8. The van der Waals surface area contributed by atoms with E-state index in [2.05, 4.69) is 0 Å². The van der Waals surface area contributed by atoms with Gasteiger partial charge in [-0.3, -0.25) is 4.79 Å². The van der Waals surface area contributed by atoms with Crippen molar-refractivity contribution in [2.24, 2.45) is 5.73 Å². The van der Waals surface area contributed by atoms with Crippen LogP contribution in [0.15, 0.2) is 17.2 Å². The van der Waals surface area contributed by atoms with Gasteiger partial charge in [-0.05, 0) is 13.0 Å². The normalized spacial score (nSPS) is 11.6. The maximum atomic E-state index is 10.9. The lowest BCUT2D eigenvalue weighted by molar-refractivity contribution is 0.0991. The third kappa shape index (κ3) is 2.08. The molecule has 0 spiro atoms. The first-order chi connectivity index (χ1) is 6.36. The second-order valence-corrected chi connectivity index (χ2v) is 5.22. The van der Waals surface area contributed by atoms with Gasteiger partial charge in [-0.1, -0.05) is 0 Å². The van der Waals surface area contributed by atoms with E-state index in [1.54, 1.807) is 6.92 Å². The Morgan fingerprint density at radius 1 is 1.64 bits per heavy atom. The van der Waals surface area contributed by atoms with Crippen LogP contribution in [0.1, 0.15) is 17.4 Å². The summed E-state index contributed by atoms with van der Waals surface area (Å²) in [7, 11) is 1.31. The van der Waals surface area contributed by atoms with E-state index < -0.39 is 15.0 Å². The first-order valence-electron chi connectivity index (χ1n) is 3.81. The summed E-state index contributed by atoms with van der Waals surface area (Å²) in [5, 5.41) is 0. The number of hydrogen-bond acceptors (Lipinski definition) is 3. The quantitative estimate of drug-likeness (QED) is 0.778. The molecule has 0 bridgehead atoms. The van der Waals surface area contributed by atoms with Crippen LogP contribution in [0, 0.1) is 0 Å². The van der Waals surface area contributed by atoms with Crippen LogP contribution in [-0.2, 0) is 15.6 Å². The van der Waals surface area contributed by atoms with Gasteiger partial charge in [0.2, 0.25) is 0 Å². The SMILES string of the molecule is CCn1cc(S(=O)(=O)Cl)cc1C(N)=O. The highest BCUT2D eigenvalue weighted by molar-refractivity contribution is 8.13. The number of halogens is 1. The van der Waals surface area contributed by atoms with Crippen molar-refractivity contribution in [1.29, 1.82) is 0 Å². The highest BCUT2D eigenvalue weighted by atomic mass is 35.7. The Morgan fingerprint density at radius 3 is 2.50 bits per heavy atom. The van der Waals surface area contributed by atoms with Crippen LogP contribution in [-0.4, -0.2) is 18.9 Å². The summed E-state index contributed by atoms with van der Waals surface area (Å²) >= 11 is 0. The van der Waals surface area contributed by atoms with Crippen molar-refractivity contribution < 1.29 is 13.2 Å². The summed E-state index contributed by atoms with van der Waals surface area (Å²) in [5.74, 6) is -0.682. The van der Waals surface area contributed by atoms with E-state index in [9.17, 15) is 13.2 Å². The zero-order valence-electron chi connectivity index (χ0n) is 7.40. The van der Waals surface area contributed by atoms with Crippen molar-refractivity contribution in [2.45, 2.75) is 18.4 Å². The molecule has 0 fully saturated rings. The second-order valence-electron chi connectivity index (χ2n) is 2.65. The molecule has 0 aliphatic rings. The molecule has 0 aliphatic heterocycles. The number of carbonyl (C=O) groups excluding carboxylic acids is 1. The van der Waals surface area contributed by atoms with Crippen molar-refractivity contribution in [2.75, 3.05) is 0 Å².